The number of rotatable bonds is 23. The van der Waals surface area contributed by atoms with Crippen LogP contribution in [0.1, 0.15) is 70.6 Å². The number of hydrogen-bond donors (Lipinski definition) is 7. The molecule has 0 saturated carbocycles. The number of amides is 2. The van der Waals surface area contributed by atoms with E-state index in [-0.39, 0.29) is 31.7 Å². The topological polar surface area (TPSA) is 204 Å². The predicted molar refractivity (Wildman–Crippen MR) is 135 cm³/mol. The minimum atomic E-state index is -1.41. The molecule has 0 aliphatic carbocycles. The van der Waals surface area contributed by atoms with E-state index in [9.17, 15) is 14.4 Å². The van der Waals surface area contributed by atoms with Gasteiger partial charge < -0.3 is 47.7 Å². The molecule has 0 radical (unpaired) electrons. The quantitative estimate of drug-likeness (QED) is 0.0777. The fraction of sp³-hybridized carbons (Fsp3) is 0.870. The van der Waals surface area contributed by atoms with Crippen molar-refractivity contribution in [2.24, 2.45) is 17.2 Å². The average molecular weight is 505 g/mol. The fourth-order valence-electron chi connectivity index (χ4n) is 3.43. The number of unbranched alkanes of at least 4 members (excludes halogenated alkanes) is 6. The van der Waals surface area contributed by atoms with Crippen molar-refractivity contribution in [1.82, 2.24) is 16.0 Å². The second-order valence-electron chi connectivity index (χ2n) is 8.58. The van der Waals surface area contributed by atoms with E-state index in [0.717, 1.165) is 64.5 Å². The maximum atomic E-state index is 12.3. The van der Waals surface area contributed by atoms with Crippen LogP contribution < -0.4 is 33.2 Å². The summed E-state index contributed by atoms with van der Waals surface area (Å²) in [6, 6.07) is -0.862. The predicted octanol–water partition coefficient (Wildman–Crippen LogP) is 1.02. The van der Waals surface area contributed by atoms with Gasteiger partial charge in [0.05, 0.1) is 18.6 Å². The van der Waals surface area contributed by atoms with E-state index in [1.165, 1.54) is 0 Å². The van der Waals surface area contributed by atoms with Crippen LogP contribution in [-0.2, 0) is 14.3 Å². The SMILES string of the molecule is NCCCCCCCNCC(=O)N[C@H](CCCCN)COC(=O)N[C@H](CCCCN)COC(=O)O. The number of carbonyl (C=O) groups excluding carboxylic acids is 2. The van der Waals surface area contributed by atoms with Gasteiger partial charge in [0.1, 0.15) is 13.2 Å². The Morgan fingerprint density at radius 3 is 1.80 bits per heavy atom. The number of hydrogen-bond acceptors (Lipinski definition) is 9. The van der Waals surface area contributed by atoms with Crippen LogP contribution in [0.4, 0.5) is 9.59 Å². The monoisotopic (exact) mass is 504 g/mol. The van der Waals surface area contributed by atoms with Crippen molar-refractivity contribution in [3.05, 3.63) is 0 Å². The molecule has 0 aliphatic heterocycles. The number of nitrogens with two attached hydrogens (primary N) is 3. The molecule has 12 nitrogen and oxygen atoms in total. The Morgan fingerprint density at radius 2 is 1.20 bits per heavy atom. The van der Waals surface area contributed by atoms with E-state index in [0.29, 0.717) is 32.4 Å². The highest BCUT2D eigenvalue weighted by atomic mass is 16.7. The van der Waals surface area contributed by atoms with Crippen LogP contribution in [0.25, 0.3) is 0 Å². The lowest BCUT2D eigenvalue weighted by molar-refractivity contribution is -0.121. The Bertz CT molecular complexity index is 555. The first-order chi connectivity index (χ1) is 16.9. The third-order valence-corrected chi connectivity index (χ3v) is 5.37. The summed E-state index contributed by atoms with van der Waals surface area (Å²) in [5, 5.41) is 17.4. The van der Waals surface area contributed by atoms with Crippen LogP contribution in [0.5, 0.6) is 0 Å². The van der Waals surface area contributed by atoms with Crippen LogP contribution in [0, 0.1) is 0 Å². The third kappa shape index (κ3) is 22.1. The molecule has 0 aromatic carbocycles. The van der Waals surface area contributed by atoms with Gasteiger partial charge in [-0.3, -0.25) is 4.79 Å². The molecule has 10 N–H and O–H groups in total. The van der Waals surface area contributed by atoms with Crippen LogP contribution >= 0.6 is 0 Å². The highest BCUT2D eigenvalue weighted by Crippen LogP contribution is 2.05. The van der Waals surface area contributed by atoms with E-state index in [1.54, 1.807) is 0 Å². The van der Waals surface area contributed by atoms with Crippen LogP contribution in [0.3, 0.4) is 0 Å². The molecule has 0 aromatic heterocycles. The van der Waals surface area contributed by atoms with Gasteiger partial charge in [-0.15, -0.1) is 0 Å². The van der Waals surface area contributed by atoms with Gasteiger partial charge >= 0.3 is 12.2 Å². The summed E-state index contributed by atoms with van der Waals surface area (Å²) in [4.78, 5) is 35.3. The first-order valence-electron chi connectivity index (χ1n) is 12.8. The summed E-state index contributed by atoms with van der Waals surface area (Å²) < 4.78 is 9.91. The van der Waals surface area contributed by atoms with Gasteiger partial charge in [-0.1, -0.05) is 32.1 Å². The molecule has 206 valence electrons. The van der Waals surface area contributed by atoms with Crippen molar-refractivity contribution >= 4 is 18.2 Å². The van der Waals surface area contributed by atoms with Gasteiger partial charge in [-0.05, 0) is 64.7 Å². The highest BCUT2D eigenvalue weighted by Gasteiger charge is 2.18. The molecule has 0 spiro atoms. The second-order valence-corrected chi connectivity index (χ2v) is 8.58. The number of carbonyl (C=O) groups is 3. The molecule has 0 bridgehead atoms. The maximum absolute atomic E-state index is 12.3. The zero-order chi connectivity index (χ0) is 26.2. The molecule has 0 unspecified atom stereocenters. The Labute approximate surface area is 209 Å². The van der Waals surface area contributed by atoms with Crippen molar-refractivity contribution in [2.75, 3.05) is 45.9 Å². The molecule has 2 amide bonds. The first-order valence-corrected chi connectivity index (χ1v) is 12.8. The number of ether oxygens (including phenoxy) is 2. The zero-order valence-electron chi connectivity index (χ0n) is 21.1. The van der Waals surface area contributed by atoms with Gasteiger partial charge in [-0.25, -0.2) is 9.59 Å². The molecule has 0 saturated heterocycles. The summed E-state index contributed by atoms with van der Waals surface area (Å²) in [7, 11) is 0. The van der Waals surface area contributed by atoms with Gasteiger partial charge in [-0.2, -0.15) is 0 Å². The summed E-state index contributed by atoms with van der Waals surface area (Å²) in [6.07, 6.45) is 7.51. The van der Waals surface area contributed by atoms with Crippen LogP contribution in [0.2, 0.25) is 0 Å². The van der Waals surface area contributed by atoms with Crippen LogP contribution in [-0.4, -0.2) is 81.3 Å². The molecular formula is C23H48N6O6. The largest absolute Gasteiger partial charge is 0.505 e. The van der Waals surface area contributed by atoms with E-state index < -0.39 is 18.3 Å². The normalized spacial score (nSPS) is 12.5. The lowest BCUT2D eigenvalue weighted by atomic mass is 10.1. The second kappa shape index (κ2) is 23.6. The number of carboxylic acid groups (broad SMARTS) is 1. The van der Waals surface area contributed by atoms with Crippen molar-refractivity contribution in [1.29, 1.82) is 0 Å². The third-order valence-electron chi connectivity index (χ3n) is 5.37. The van der Waals surface area contributed by atoms with Crippen molar-refractivity contribution in [3.63, 3.8) is 0 Å². The maximum Gasteiger partial charge on any atom is 0.505 e. The standard InChI is InChI=1S/C23H48N6O6/c24-12-6-2-1-3-9-15-27-16-21(30)28-19(10-4-7-13-25)17-34-22(31)29-20(11-5-8-14-26)18-35-23(32)33/h19-20,27H,1-18,24-26H2,(H,28,30)(H,29,31)(H,32,33)/t19-,20-/m1/s1. The number of alkyl carbamates (subject to hydrolysis) is 1. The molecule has 0 fully saturated rings. The van der Waals surface area contributed by atoms with E-state index in [2.05, 4.69) is 20.7 Å². The smallest absolute Gasteiger partial charge is 0.450 e. The van der Waals surface area contributed by atoms with E-state index >= 15 is 0 Å². The zero-order valence-corrected chi connectivity index (χ0v) is 21.1. The van der Waals surface area contributed by atoms with Crippen molar-refractivity contribution < 1.29 is 29.0 Å². The lowest BCUT2D eigenvalue weighted by Crippen LogP contribution is -2.45. The summed E-state index contributed by atoms with van der Waals surface area (Å²) >= 11 is 0. The lowest BCUT2D eigenvalue weighted by Gasteiger charge is -2.21. The summed E-state index contributed by atoms with van der Waals surface area (Å²) in [6.45, 7) is 2.55. The van der Waals surface area contributed by atoms with Crippen molar-refractivity contribution in [3.8, 4) is 0 Å². The van der Waals surface area contributed by atoms with Gasteiger partial charge in [0.15, 0.2) is 0 Å². The van der Waals surface area contributed by atoms with Gasteiger partial charge in [0, 0.05) is 0 Å². The van der Waals surface area contributed by atoms with Crippen LogP contribution in [0.15, 0.2) is 0 Å². The fourth-order valence-corrected chi connectivity index (χ4v) is 3.43. The first kappa shape index (κ1) is 32.8. The van der Waals surface area contributed by atoms with Crippen molar-refractivity contribution in [2.45, 2.75) is 82.7 Å². The van der Waals surface area contributed by atoms with Gasteiger partial charge in [0.25, 0.3) is 0 Å². The van der Waals surface area contributed by atoms with E-state index in [4.69, 9.17) is 27.0 Å². The molecule has 0 aliphatic rings. The highest BCUT2D eigenvalue weighted by molar-refractivity contribution is 5.78. The molecule has 2 atom stereocenters. The van der Waals surface area contributed by atoms with E-state index in [1.807, 2.05) is 0 Å². The summed E-state index contributed by atoms with van der Waals surface area (Å²) in [5.74, 6) is -0.163. The Morgan fingerprint density at radius 1 is 0.686 bits per heavy atom. The molecule has 0 heterocycles. The molecule has 0 aromatic rings. The Kier molecular flexibility index (Phi) is 22.1. The van der Waals surface area contributed by atoms with Gasteiger partial charge in [0.2, 0.25) is 5.91 Å². The molecule has 12 heteroatoms. The molecular weight excluding hydrogens is 456 g/mol. The summed E-state index contributed by atoms with van der Waals surface area (Å²) in [5.41, 5.74) is 16.5. The molecule has 0 rings (SSSR count). The average Bonchev–Trinajstić information content (AvgIpc) is 2.82. The minimum absolute atomic E-state index is 0.00139. The Hall–Kier alpha value is -2.15. The minimum Gasteiger partial charge on any atom is -0.450 e. The molecule has 35 heavy (non-hydrogen) atoms. The number of nitrogens with one attached hydrogen (secondary N) is 3. The Balaban J connectivity index is 4.44.